The Hall–Kier alpha value is -1.50. The third-order valence-corrected chi connectivity index (χ3v) is 1.60. The van der Waals surface area contributed by atoms with Crippen molar-refractivity contribution in [3.05, 3.63) is 0 Å². The molecule has 0 aliphatic rings. The summed E-state index contributed by atoms with van der Waals surface area (Å²) in [5.74, 6) is -0.592. The van der Waals surface area contributed by atoms with E-state index < -0.39 is 17.9 Å². The molecular formula is C9H12O4. The zero-order chi connectivity index (χ0) is 10.3. The fourth-order valence-corrected chi connectivity index (χ4v) is 0.893. The number of aliphatic carboxylic acids is 1. The number of hydrogen-bond acceptors (Lipinski definition) is 3. The lowest BCUT2D eigenvalue weighted by Gasteiger charge is -2.07. The van der Waals surface area contributed by atoms with Crippen molar-refractivity contribution in [1.82, 2.24) is 0 Å². The first-order valence-corrected chi connectivity index (χ1v) is 3.87. The van der Waals surface area contributed by atoms with Gasteiger partial charge in [-0.25, -0.2) is 0 Å². The maximum absolute atomic E-state index is 10.9. The van der Waals surface area contributed by atoms with Gasteiger partial charge < -0.3 is 9.84 Å². The smallest absolute Gasteiger partial charge is 0.320 e. The highest BCUT2D eigenvalue weighted by molar-refractivity contribution is 5.93. The van der Waals surface area contributed by atoms with Crippen LogP contribution in [0.2, 0.25) is 0 Å². The van der Waals surface area contributed by atoms with E-state index in [1.807, 2.05) is 0 Å². The van der Waals surface area contributed by atoms with Gasteiger partial charge in [-0.05, 0) is 12.8 Å². The summed E-state index contributed by atoms with van der Waals surface area (Å²) in [6.45, 7) is 0. The van der Waals surface area contributed by atoms with E-state index in [1.54, 1.807) is 0 Å². The minimum absolute atomic E-state index is 0.228. The first-order valence-electron chi connectivity index (χ1n) is 3.87. The van der Waals surface area contributed by atoms with E-state index in [0.29, 0.717) is 12.8 Å². The van der Waals surface area contributed by atoms with E-state index in [1.165, 1.54) is 7.11 Å². The van der Waals surface area contributed by atoms with Gasteiger partial charge >= 0.3 is 11.9 Å². The molecule has 0 heterocycles. The maximum Gasteiger partial charge on any atom is 0.320 e. The van der Waals surface area contributed by atoms with Gasteiger partial charge in [0.05, 0.1) is 7.11 Å². The highest BCUT2D eigenvalue weighted by atomic mass is 16.5. The molecule has 0 aliphatic heterocycles. The summed E-state index contributed by atoms with van der Waals surface area (Å²) in [4.78, 5) is 21.4. The van der Waals surface area contributed by atoms with Crippen molar-refractivity contribution >= 4 is 11.9 Å². The van der Waals surface area contributed by atoms with Crippen LogP contribution in [0.15, 0.2) is 0 Å². The van der Waals surface area contributed by atoms with Crippen LogP contribution in [-0.4, -0.2) is 24.2 Å². The first kappa shape index (κ1) is 11.5. The summed E-state index contributed by atoms with van der Waals surface area (Å²) in [6.07, 6.45) is 6.20. The SMILES string of the molecule is C#CCCCC(C(=O)O)C(=O)OC. The van der Waals surface area contributed by atoms with Crippen LogP contribution in [0.25, 0.3) is 0 Å². The van der Waals surface area contributed by atoms with Crippen LogP contribution in [0.4, 0.5) is 0 Å². The predicted octanol–water partition coefficient (Wildman–Crippen LogP) is 0.664. The third-order valence-electron chi connectivity index (χ3n) is 1.60. The Bertz CT molecular complexity index is 226. The minimum Gasteiger partial charge on any atom is -0.481 e. The number of terminal acetylenes is 1. The number of carboxylic acid groups (broad SMARTS) is 1. The number of carbonyl (C=O) groups excluding carboxylic acids is 1. The van der Waals surface area contributed by atoms with Crippen LogP contribution < -0.4 is 0 Å². The molecule has 4 nitrogen and oxygen atoms in total. The second-order valence-corrected chi connectivity index (χ2v) is 2.51. The summed E-state index contributed by atoms with van der Waals surface area (Å²) in [5, 5.41) is 8.62. The molecule has 1 N–H and O–H groups in total. The van der Waals surface area contributed by atoms with E-state index in [-0.39, 0.29) is 6.42 Å². The number of esters is 1. The number of unbranched alkanes of at least 4 members (excludes halogenated alkanes) is 1. The zero-order valence-electron chi connectivity index (χ0n) is 7.45. The van der Waals surface area contributed by atoms with Gasteiger partial charge in [0.1, 0.15) is 0 Å². The molecule has 4 heteroatoms. The van der Waals surface area contributed by atoms with Crippen molar-refractivity contribution < 1.29 is 19.4 Å². The molecule has 0 aromatic heterocycles. The molecule has 0 aromatic carbocycles. The van der Waals surface area contributed by atoms with E-state index in [9.17, 15) is 9.59 Å². The molecule has 0 amide bonds. The number of methoxy groups -OCH3 is 1. The van der Waals surface area contributed by atoms with Crippen molar-refractivity contribution in [1.29, 1.82) is 0 Å². The van der Waals surface area contributed by atoms with Gasteiger partial charge in [0.15, 0.2) is 5.92 Å². The fourth-order valence-electron chi connectivity index (χ4n) is 0.893. The summed E-state index contributed by atoms with van der Waals surface area (Å²) in [6, 6.07) is 0. The Labute approximate surface area is 76.9 Å². The standard InChI is InChI=1S/C9H12O4/c1-3-4-5-6-7(8(10)11)9(12)13-2/h1,7H,4-6H2,2H3,(H,10,11). The molecule has 1 unspecified atom stereocenters. The van der Waals surface area contributed by atoms with Crippen molar-refractivity contribution in [2.45, 2.75) is 19.3 Å². The summed E-state index contributed by atoms with van der Waals surface area (Å²) in [5.41, 5.74) is 0. The first-order chi connectivity index (χ1) is 6.13. The highest BCUT2D eigenvalue weighted by Gasteiger charge is 2.26. The number of ether oxygens (including phenoxy) is 1. The van der Waals surface area contributed by atoms with E-state index in [0.717, 1.165) is 0 Å². The average Bonchev–Trinajstić information content (AvgIpc) is 2.11. The largest absolute Gasteiger partial charge is 0.481 e. The topological polar surface area (TPSA) is 63.6 Å². The molecule has 0 saturated carbocycles. The Morgan fingerprint density at radius 3 is 2.62 bits per heavy atom. The van der Waals surface area contributed by atoms with Gasteiger partial charge in [0.25, 0.3) is 0 Å². The van der Waals surface area contributed by atoms with Gasteiger partial charge in [-0.3, -0.25) is 9.59 Å². The summed E-state index contributed by atoms with van der Waals surface area (Å²) < 4.78 is 4.33. The van der Waals surface area contributed by atoms with Crippen LogP contribution in [0.3, 0.4) is 0 Å². The molecule has 0 rings (SSSR count). The Morgan fingerprint density at radius 1 is 1.62 bits per heavy atom. The van der Waals surface area contributed by atoms with E-state index in [4.69, 9.17) is 11.5 Å². The molecule has 13 heavy (non-hydrogen) atoms. The van der Waals surface area contributed by atoms with Crippen LogP contribution in [0, 0.1) is 18.3 Å². The lowest BCUT2D eigenvalue weighted by Crippen LogP contribution is -2.24. The van der Waals surface area contributed by atoms with Crippen LogP contribution in [-0.2, 0) is 14.3 Å². The molecule has 0 bridgehead atoms. The van der Waals surface area contributed by atoms with Crippen LogP contribution >= 0.6 is 0 Å². The molecule has 0 fully saturated rings. The van der Waals surface area contributed by atoms with Crippen molar-refractivity contribution in [2.75, 3.05) is 7.11 Å². The monoisotopic (exact) mass is 184 g/mol. The second kappa shape index (κ2) is 6.06. The third kappa shape index (κ3) is 4.16. The Balaban J connectivity index is 4.04. The lowest BCUT2D eigenvalue weighted by atomic mass is 10.0. The number of hydrogen-bond donors (Lipinski definition) is 1. The molecule has 0 aliphatic carbocycles. The molecule has 0 spiro atoms. The average molecular weight is 184 g/mol. The number of carbonyl (C=O) groups is 2. The normalized spacial score (nSPS) is 11.4. The van der Waals surface area contributed by atoms with Crippen LogP contribution in [0.5, 0.6) is 0 Å². The van der Waals surface area contributed by atoms with Gasteiger partial charge in [-0.1, -0.05) is 0 Å². The molecule has 0 radical (unpaired) electrons. The van der Waals surface area contributed by atoms with Crippen molar-refractivity contribution in [3.63, 3.8) is 0 Å². The zero-order valence-corrected chi connectivity index (χ0v) is 7.45. The van der Waals surface area contributed by atoms with Gasteiger partial charge in [0.2, 0.25) is 0 Å². The van der Waals surface area contributed by atoms with E-state index in [2.05, 4.69) is 10.7 Å². The minimum atomic E-state index is -1.16. The van der Waals surface area contributed by atoms with Crippen molar-refractivity contribution in [2.24, 2.45) is 5.92 Å². The van der Waals surface area contributed by atoms with E-state index >= 15 is 0 Å². The highest BCUT2D eigenvalue weighted by Crippen LogP contribution is 2.10. The fraction of sp³-hybridized carbons (Fsp3) is 0.556. The molecule has 1 atom stereocenters. The Kier molecular flexibility index (Phi) is 5.37. The Morgan fingerprint density at radius 2 is 2.23 bits per heavy atom. The molecule has 0 aromatic rings. The quantitative estimate of drug-likeness (QED) is 0.295. The lowest BCUT2D eigenvalue weighted by molar-refractivity contribution is -0.157. The maximum atomic E-state index is 10.9. The number of rotatable bonds is 5. The predicted molar refractivity (Wildman–Crippen MR) is 45.8 cm³/mol. The molecular weight excluding hydrogens is 172 g/mol. The van der Waals surface area contributed by atoms with Gasteiger partial charge in [-0.2, -0.15) is 0 Å². The number of carboxylic acids is 1. The molecule has 72 valence electrons. The summed E-state index contributed by atoms with van der Waals surface area (Å²) >= 11 is 0. The van der Waals surface area contributed by atoms with Gasteiger partial charge in [-0.15, -0.1) is 12.3 Å². The van der Waals surface area contributed by atoms with Crippen molar-refractivity contribution in [3.8, 4) is 12.3 Å². The molecule has 0 saturated heterocycles. The van der Waals surface area contributed by atoms with Gasteiger partial charge in [0, 0.05) is 6.42 Å². The second-order valence-electron chi connectivity index (χ2n) is 2.51. The van der Waals surface area contributed by atoms with Crippen LogP contribution in [0.1, 0.15) is 19.3 Å². The summed E-state index contributed by atoms with van der Waals surface area (Å²) in [7, 11) is 1.17.